The Bertz CT molecular complexity index is 517. The van der Waals surface area contributed by atoms with Crippen LogP contribution in [0.1, 0.15) is 68.8 Å². The van der Waals surface area contributed by atoms with Gasteiger partial charge in [-0.15, -0.1) is 0 Å². The molecule has 0 aliphatic carbocycles. The Kier molecular flexibility index (Phi) is 4.18. The number of Topliss-reactive ketones (excluding diaryl/α,β-unsaturated/α-hetero) is 1. The molecule has 2 aliphatic rings. The molecule has 0 radical (unpaired) electrons. The molecule has 0 amide bonds. The standard InChI is InChI=1S/C19H26OS/c1-19(2,3)15-7-4-6-13(10-15)18(20)14-11-16-8-5-9-17(12-14)21-16/h4,6-7,10,14,16-17H,5,8-9,11-12H2,1-3H3. The first kappa shape index (κ1) is 15.1. The molecule has 114 valence electrons. The maximum Gasteiger partial charge on any atom is 0.166 e. The van der Waals surface area contributed by atoms with Crippen molar-refractivity contribution in [1.29, 1.82) is 0 Å². The number of carbonyl (C=O) groups is 1. The second-order valence-electron chi connectivity index (χ2n) is 7.67. The first-order valence-electron chi connectivity index (χ1n) is 8.24. The number of fused-ring (bicyclic) bond motifs is 2. The van der Waals surface area contributed by atoms with E-state index in [0.717, 1.165) is 28.9 Å². The zero-order chi connectivity index (χ0) is 15.0. The van der Waals surface area contributed by atoms with E-state index in [1.54, 1.807) is 0 Å². The molecule has 1 aromatic carbocycles. The van der Waals surface area contributed by atoms with Crippen molar-refractivity contribution in [2.75, 3.05) is 0 Å². The lowest BCUT2D eigenvalue weighted by Crippen LogP contribution is -2.33. The van der Waals surface area contributed by atoms with Gasteiger partial charge < -0.3 is 0 Å². The highest BCUT2D eigenvalue weighted by molar-refractivity contribution is 8.00. The Morgan fingerprint density at radius 3 is 2.43 bits per heavy atom. The molecule has 2 fully saturated rings. The topological polar surface area (TPSA) is 17.1 Å². The molecule has 2 saturated heterocycles. The Labute approximate surface area is 132 Å². The van der Waals surface area contributed by atoms with Crippen LogP contribution in [-0.2, 0) is 5.41 Å². The van der Waals surface area contributed by atoms with Crippen LogP contribution in [0.4, 0.5) is 0 Å². The molecule has 0 aromatic heterocycles. The Hall–Kier alpha value is -0.760. The first-order chi connectivity index (χ1) is 9.93. The van der Waals surface area contributed by atoms with Crippen LogP contribution in [0.25, 0.3) is 0 Å². The molecule has 0 N–H and O–H groups in total. The van der Waals surface area contributed by atoms with E-state index < -0.39 is 0 Å². The molecule has 3 rings (SSSR count). The van der Waals surface area contributed by atoms with Gasteiger partial charge >= 0.3 is 0 Å². The SMILES string of the molecule is CC(C)(C)c1cccc(C(=O)C2CC3CCCC(C2)S3)c1. The number of thioether (sulfide) groups is 1. The first-order valence-corrected chi connectivity index (χ1v) is 9.18. The summed E-state index contributed by atoms with van der Waals surface area (Å²) >= 11 is 2.14. The lowest BCUT2D eigenvalue weighted by Gasteiger charge is -2.38. The van der Waals surface area contributed by atoms with Gasteiger partial charge in [0.2, 0.25) is 0 Å². The third-order valence-electron chi connectivity index (χ3n) is 4.92. The average molecular weight is 302 g/mol. The predicted molar refractivity (Wildman–Crippen MR) is 91.2 cm³/mol. The average Bonchev–Trinajstić information content (AvgIpc) is 2.45. The van der Waals surface area contributed by atoms with Gasteiger partial charge in [0.1, 0.15) is 0 Å². The summed E-state index contributed by atoms with van der Waals surface area (Å²) in [6.07, 6.45) is 6.18. The van der Waals surface area contributed by atoms with Crippen molar-refractivity contribution >= 4 is 17.5 Å². The van der Waals surface area contributed by atoms with Crippen molar-refractivity contribution in [2.24, 2.45) is 5.92 Å². The zero-order valence-electron chi connectivity index (χ0n) is 13.4. The Morgan fingerprint density at radius 2 is 1.81 bits per heavy atom. The fraction of sp³-hybridized carbons (Fsp3) is 0.632. The van der Waals surface area contributed by atoms with Crippen molar-refractivity contribution in [2.45, 2.75) is 68.8 Å². The molecule has 1 nitrogen and oxygen atoms in total. The highest BCUT2D eigenvalue weighted by Gasteiger charge is 2.36. The third kappa shape index (κ3) is 3.36. The number of hydrogen-bond acceptors (Lipinski definition) is 2. The van der Waals surface area contributed by atoms with Gasteiger partial charge in [0, 0.05) is 22.0 Å². The van der Waals surface area contributed by atoms with Crippen molar-refractivity contribution < 1.29 is 4.79 Å². The minimum absolute atomic E-state index is 0.106. The van der Waals surface area contributed by atoms with Crippen molar-refractivity contribution in [3.63, 3.8) is 0 Å². The van der Waals surface area contributed by atoms with E-state index in [2.05, 4.69) is 44.7 Å². The van der Waals surface area contributed by atoms with Gasteiger partial charge in [-0.25, -0.2) is 0 Å². The number of benzene rings is 1. The maximum absolute atomic E-state index is 12.9. The number of carbonyl (C=O) groups excluding carboxylic acids is 1. The highest BCUT2D eigenvalue weighted by Crippen LogP contribution is 2.44. The second-order valence-corrected chi connectivity index (χ2v) is 9.28. The molecule has 1 aromatic rings. The summed E-state index contributed by atoms with van der Waals surface area (Å²) in [5.74, 6) is 0.648. The molecule has 2 bridgehead atoms. The van der Waals surface area contributed by atoms with Crippen LogP contribution in [0.5, 0.6) is 0 Å². The van der Waals surface area contributed by atoms with Crippen LogP contribution in [-0.4, -0.2) is 16.3 Å². The molecule has 0 saturated carbocycles. The van der Waals surface area contributed by atoms with Gasteiger partial charge in [-0.2, -0.15) is 11.8 Å². The van der Waals surface area contributed by atoms with Crippen molar-refractivity contribution in [1.82, 2.24) is 0 Å². The lowest BCUT2D eigenvalue weighted by atomic mass is 9.82. The number of rotatable bonds is 2. The summed E-state index contributed by atoms with van der Waals surface area (Å²) in [5.41, 5.74) is 2.30. The summed E-state index contributed by atoms with van der Waals surface area (Å²) in [5, 5.41) is 1.47. The van der Waals surface area contributed by atoms with E-state index in [1.807, 2.05) is 12.1 Å². The fourth-order valence-electron chi connectivity index (χ4n) is 3.65. The van der Waals surface area contributed by atoms with Crippen LogP contribution in [0.3, 0.4) is 0 Å². The summed E-state index contributed by atoms with van der Waals surface area (Å²) in [6.45, 7) is 6.62. The van der Waals surface area contributed by atoms with Gasteiger partial charge in [0.25, 0.3) is 0 Å². The molecule has 2 atom stereocenters. The van der Waals surface area contributed by atoms with Gasteiger partial charge in [0.05, 0.1) is 0 Å². The monoisotopic (exact) mass is 302 g/mol. The summed E-state index contributed by atoms with van der Waals surface area (Å²) in [6, 6.07) is 8.32. The van der Waals surface area contributed by atoms with E-state index >= 15 is 0 Å². The number of ketones is 1. The largest absolute Gasteiger partial charge is 0.294 e. The minimum atomic E-state index is 0.106. The van der Waals surface area contributed by atoms with E-state index in [1.165, 1.54) is 24.8 Å². The van der Waals surface area contributed by atoms with E-state index in [0.29, 0.717) is 5.78 Å². The molecule has 2 heteroatoms. The van der Waals surface area contributed by atoms with Crippen LogP contribution >= 0.6 is 11.8 Å². The predicted octanol–water partition coefficient (Wildman–Crippen LogP) is 5.23. The quantitative estimate of drug-likeness (QED) is 0.696. The summed E-state index contributed by atoms with van der Waals surface area (Å²) in [7, 11) is 0. The van der Waals surface area contributed by atoms with Crippen LogP contribution in [0, 0.1) is 5.92 Å². The smallest absolute Gasteiger partial charge is 0.166 e. The molecule has 2 unspecified atom stereocenters. The Morgan fingerprint density at radius 1 is 1.14 bits per heavy atom. The molecule has 0 spiro atoms. The minimum Gasteiger partial charge on any atom is -0.294 e. The van der Waals surface area contributed by atoms with Gasteiger partial charge in [0.15, 0.2) is 5.78 Å². The van der Waals surface area contributed by atoms with Crippen molar-refractivity contribution in [3.05, 3.63) is 35.4 Å². The maximum atomic E-state index is 12.9. The van der Waals surface area contributed by atoms with E-state index in [9.17, 15) is 4.79 Å². The molecule has 2 heterocycles. The van der Waals surface area contributed by atoms with Crippen molar-refractivity contribution in [3.8, 4) is 0 Å². The number of hydrogen-bond donors (Lipinski definition) is 0. The van der Waals surface area contributed by atoms with E-state index in [-0.39, 0.29) is 11.3 Å². The molecular weight excluding hydrogens is 276 g/mol. The summed E-state index contributed by atoms with van der Waals surface area (Å²) in [4.78, 5) is 12.9. The fourth-order valence-corrected chi connectivity index (χ4v) is 5.48. The third-order valence-corrected chi connectivity index (χ3v) is 6.54. The molecular formula is C19H26OS. The van der Waals surface area contributed by atoms with Gasteiger partial charge in [-0.05, 0) is 42.7 Å². The lowest BCUT2D eigenvalue weighted by molar-refractivity contribution is 0.0896. The zero-order valence-corrected chi connectivity index (χ0v) is 14.2. The van der Waals surface area contributed by atoms with Gasteiger partial charge in [-0.3, -0.25) is 4.79 Å². The van der Waals surface area contributed by atoms with E-state index in [4.69, 9.17) is 0 Å². The summed E-state index contributed by atoms with van der Waals surface area (Å²) < 4.78 is 0. The van der Waals surface area contributed by atoms with Crippen LogP contribution in [0.2, 0.25) is 0 Å². The normalized spacial score (nSPS) is 29.2. The van der Waals surface area contributed by atoms with Gasteiger partial charge in [-0.1, -0.05) is 45.4 Å². The Balaban J connectivity index is 1.79. The second kappa shape index (κ2) is 5.79. The highest BCUT2D eigenvalue weighted by atomic mass is 32.2. The van der Waals surface area contributed by atoms with Crippen LogP contribution in [0.15, 0.2) is 24.3 Å². The molecule has 21 heavy (non-hydrogen) atoms. The van der Waals surface area contributed by atoms with Crippen LogP contribution < -0.4 is 0 Å². The molecule has 2 aliphatic heterocycles.